The normalized spacial score (nSPS) is 36.5. The van der Waals surface area contributed by atoms with Gasteiger partial charge in [-0.3, -0.25) is 0 Å². The van der Waals surface area contributed by atoms with E-state index in [1.165, 1.54) is 14.2 Å². The summed E-state index contributed by atoms with van der Waals surface area (Å²) in [6, 6.07) is 11.9. The number of rotatable bonds is 3. The average molecular weight is 375 g/mol. The molecule has 7 heteroatoms. The van der Waals surface area contributed by atoms with Crippen molar-refractivity contribution in [3.63, 3.8) is 0 Å². The molecule has 0 aromatic heterocycles. The zero-order chi connectivity index (χ0) is 17.1. The zero-order valence-electron chi connectivity index (χ0n) is 12.9. The lowest BCUT2D eigenvalue weighted by Crippen LogP contribution is -2.44. The Kier molecular flexibility index (Phi) is 3.15. The Morgan fingerprint density at radius 2 is 1.70 bits per heavy atom. The zero-order valence-corrected chi connectivity index (χ0v) is 14.5. The first-order chi connectivity index (χ1) is 10.9. The molecular formula is C16H15BrN4O2. The summed E-state index contributed by atoms with van der Waals surface area (Å²) in [6.45, 7) is 1.83. The van der Waals surface area contributed by atoms with Crippen molar-refractivity contribution in [2.45, 2.75) is 18.2 Å². The summed E-state index contributed by atoms with van der Waals surface area (Å²) in [5, 5.41) is 20.0. The maximum atomic E-state index is 10.0. The van der Waals surface area contributed by atoms with Crippen molar-refractivity contribution in [3.05, 3.63) is 34.3 Å². The fourth-order valence-electron chi connectivity index (χ4n) is 4.26. The molecule has 1 aromatic carbocycles. The largest absolute Gasteiger partial charge is 0.386 e. The summed E-state index contributed by atoms with van der Waals surface area (Å²) in [7, 11) is 2.79. The van der Waals surface area contributed by atoms with E-state index in [1.807, 2.05) is 31.2 Å². The Bertz CT molecular complexity index is 790. The summed E-state index contributed by atoms with van der Waals surface area (Å²) in [5.74, 6) is -1.54. The maximum absolute atomic E-state index is 10.0. The standard InChI is InChI=1S/C16H15BrN4O2/c1-13(10-4-6-11(17)7-5-10)14(8-18)12(20)21-16(22-2,23-3)15(13,14)9-19/h4-7H,1-3H3,(H2,20,21)/t13-,14-,15+/m0/s1. The van der Waals surface area contributed by atoms with Crippen LogP contribution in [0.2, 0.25) is 0 Å². The van der Waals surface area contributed by atoms with E-state index in [0.717, 1.165) is 10.0 Å². The molecule has 1 fully saturated rings. The first-order valence-corrected chi connectivity index (χ1v) is 7.71. The van der Waals surface area contributed by atoms with Gasteiger partial charge in [0.1, 0.15) is 5.84 Å². The molecule has 0 bridgehead atoms. The van der Waals surface area contributed by atoms with E-state index in [4.69, 9.17) is 15.2 Å². The molecule has 0 unspecified atom stereocenters. The third-order valence-corrected chi connectivity index (χ3v) is 5.96. The van der Waals surface area contributed by atoms with Gasteiger partial charge in [0.05, 0.1) is 12.1 Å². The number of methoxy groups -OCH3 is 2. The van der Waals surface area contributed by atoms with Crippen LogP contribution in [0.4, 0.5) is 0 Å². The Balaban J connectivity index is 2.33. The van der Waals surface area contributed by atoms with Crippen LogP contribution in [0.5, 0.6) is 0 Å². The number of hydrogen-bond donors (Lipinski definition) is 1. The van der Waals surface area contributed by atoms with Gasteiger partial charge in [-0.05, 0) is 17.7 Å². The molecule has 1 aliphatic carbocycles. The van der Waals surface area contributed by atoms with E-state index < -0.39 is 22.2 Å². The first-order valence-electron chi connectivity index (χ1n) is 6.92. The van der Waals surface area contributed by atoms with E-state index in [0.29, 0.717) is 0 Å². The Labute approximate surface area is 142 Å². The van der Waals surface area contributed by atoms with Crippen molar-refractivity contribution in [2.24, 2.45) is 21.6 Å². The minimum Gasteiger partial charge on any atom is -0.386 e. The molecule has 118 valence electrons. The maximum Gasteiger partial charge on any atom is 0.293 e. The highest BCUT2D eigenvalue weighted by Crippen LogP contribution is 2.85. The monoisotopic (exact) mass is 374 g/mol. The molecule has 0 saturated heterocycles. The van der Waals surface area contributed by atoms with Crippen LogP contribution >= 0.6 is 15.9 Å². The molecular weight excluding hydrogens is 360 g/mol. The van der Waals surface area contributed by atoms with Crippen molar-refractivity contribution in [3.8, 4) is 12.1 Å². The lowest BCUT2D eigenvalue weighted by Gasteiger charge is -2.32. The number of hydrogen-bond acceptors (Lipinski definition) is 6. The van der Waals surface area contributed by atoms with Crippen molar-refractivity contribution in [1.82, 2.24) is 0 Å². The van der Waals surface area contributed by atoms with Crippen LogP contribution in [0.15, 0.2) is 33.7 Å². The van der Waals surface area contributed by atoms with E-state index in [2.05, 4.69) is 33.1 Å². The fraction of sp³-hybridized carbons (Fsp3) is 0.438. The summed E-state index contributed by atoms with van der Waals surface area (Å²) >= 11 is 3.39. The summed E-state index contributed by atoms with van der Waals surface area (Å²) in [6.07, 6.45) is 0. The van der Waals surface area contributed by atoms with Crippen molar-refractivity contribution in [1.29, 1.82) is 10.5 Å². The predicted molar refractivity (Wildman–Crippen MR) is 86.0 cm³/mol. The number of amidine groups is 1. The molecule has 0 radical (unpaired) electrons. The third-order valence-electron chi connectivity index (χ3n) is 5.44. The van der Waals surface area contributed by atoms with E-state index >= 15 is 0 Å². The van der Waals surface area contributed by atoms with Gasteiger partial charge in [-0.2, -0.15) is 10.5 Å². The second-order valence-corrected chi connectivity index (χ2v) is 6.76. The number of halogens is 1. The van der Waals surface area contributed by atoms with Gasteiger partial charge < -0.3 is 15.2 Å². The number of nitrogens with two attached hydrogens (primary N) is 1. The van der Waals surface area contributed by atoms with Crippen LogP contribution in [0.3, 0.4) is 0 Å². The van der Waals surface area contributed by atoms with E-state index in [-0.39, 0.29) is 5.84 Å². The van der Waals surface area contributed by atoms with Gasteiger partial charge in [-0.25, -0.2) is 4.99 Å². The summed E-state index contributed by atoms with van der Waals surface area (Å²) in [4.78, 5) is 4.21. The quantitative estimate of drug-likeness (QED) is 0.815. The number of ether oxygens (including phenoxy) is 2. The van der Waals surface area contributed by atoms with Gasteiger partial charge in [-0.1, -0.05) is 35.0 Å². The molecule has 23 heavy (non-hydrogen) atoms. The summed E-state index contributed by atoms with van der Waals surface area (Å²) < 4.78 is 11.8. The number of aliphatic imine (C=N–C) groups is 1. The highest BCUT2D eigenvalue weighted by molar-refractivity contribution is 9.10. The lowest BCUT2D eigenvalue weighted by atomic mass is 9.84. The highest BCUT2D eigenvalue weighted by Gasteiger charge is 2.99. The van der Waals surface area contributed by atoms with Crippen LogP contribution < -0.4 is 5.73 Å². The van der Waals surface area contributed by atoms with Gasteiger partial charge in [0.2, 0.25) is 0 Å². The molecule has 0 amide bonds. The van der Waals surface area contributed by atoms with Gasteiger partial charge in [-0.15, -0.1) is 0 Å². The number of nitrogens with zero attached hydrogens (tertiary/aromatic N) is 3. The Morgan fingerprint density at radius 1 is 1.13 bits per heavy atom. The third kappa shape index (κ3) is 1.30. The van der Waals surface area contributed by atoms with Crippen molar-refractivity contribution >= 4 is 21.8 Å². The Morgan fingerprint density at radius 3 is 2.13 bits per heavy atom. The number of benzene rings is 1. The molecule has 0 spiro atoms. The molecule has 1 heterocycles. The summed E-state index contributed by atoms with van der Waals surface area (Å²) in [5.41, 5.74) is 3.35. The molecule has 6 nitrogen and oxygen atoms in total. The van der Waals surface area contributed by atoms with E-state index in [1.54, 1.807) is 0 Å². The van der Waals surface area contributed by atoms with Gasteiger partial charge >= 0.3 is 0 Å². The van der Waals surface area contributed by atoms with Gasteiger partial charge in [0, 0.05) is 24.1 Å². The van der Waals surface area contributed by atoms with Crippen molar-refractivity contribution < 1.29 is 9.47 Å². The van der Waals surface area contributed by atoms with Gasteiger partial charge in [0.15, 0.2) is 10.8 Å². The molecule has 3 rings (SSSR count). The second kappa shape index (κ2) is 4.55. The molecule has 1 saturated carbocycles. The van der Waals surface area contributed by atoms with Crippen LogP contribution in [0.25, 0.3) is 0 Å². The lowest BCUT2D eigenvalue weighted by molar-refractivity contribution is -0.233. The topological polar surface area (TPSA) is 104 Å². The predicted octanol–water partition coefficient (Wildman–Crippen LogP) is 2.06. The van der Waals surface area contributed by atoms with Crippen LogP contribution in [0, 0.1) is 33.5 Å². The molecule has 3 atom stereocenters. The molecule has 1 aromatic rings. The molecule has 2 aliphatic rings. The molecule has 1 aliphatic heterocycles. The number of nitriles is 2. The van der Waals surface area contributed by atoms with Crippen LogP contribution in [0.1, 0.15) is 12.5 Å². The van der Waals surface area contributed by atoms with Crippen LogP contribution in [-0.4, -0.2) is 26.0 Å². The van der Waals surface area contributed by atoms with Crippen molar-refractivity contribution in [2.75, 3.05) is 14.2 Å². The average Bonchev–Trinajstić information content (AvgIpc) is 2.97. The second-order valence-electron chi connectivity index (χ2n) is 5.84. The fourth-order valence-corrected chi connectivity index (χ4v) is 4.53. The number of fused-ring (bicyclic) bond motifs is 1. The SMILES string of the molecule is COC1(OC)N=C(N)[C@@]2(C#N)[C@](C)(c3ccc(Br)cc3)[C@@]12C#N. The highest BCUT2D eigenvalue weighted by atomic mass is 79.9. The Hall–Kier alpha value is -1.93. The molecule has 2 N–H and O–H groups in total. The first kappa shape index (κ1) is 15.9. The smallest absolute Gasteiger partial charge is 0.293 e. The van der Waals surface area contributed by atoms with E-state index in [9.17, 15) is 10.5 Å². The van der Waals surface area contributed by atoms with Gasteiger partial charge in [0.25, 0.3) is 5.91 Å². The minimum absolute atomic E-state index is 0.0654. The minimum atomic E-state index is -1.61. The van der Waals surface area contributed by atoms with Crippen LogP contribution in [-0.2, 0) is 14.9 Å².